The number of carbonyl (C=O) groups is 1. The van der Waals surface area contributed by atoms with Gasteiger partial charge in [-0.3, -0.25) is 9.69 Å². The lowest BCUT2D eigenvalue weighted by Crippen LogP contribution is -2.56. The molecule has 2 aromatic rings. The Balaban J connectivity index is 1.53. The minimum atomic E-state index is -0.663. The van der Waals surface area contributed by atoms with E-state index >= 15 is 0 Å². The van der Waals surface area contributed by atoms with Crippen molar-refractivity contribution < 1.29 is 19.4 Å². The molecule has 176 valence electrons. The Kier molecular flexibility index (Phi) is 7.36. The van der Waals surface area contributed by atoms with Crippen LogP contribution in [0.15, 0.2) is 61.2 Å². The third kappa shape index (κ3) is 5.40. The van der Waals surface area contributed by atoms with Crippen LogP contribution in [0.2, 0.25) is 0 Å². The van der Waals surface area contributed by atoms with Crippen molar-refractivity contribution in [1.82, 2.24) is 4.90 Å². The standard InChI is InChI=1S/C27H34N2O4/c1-3-18-33-23-11-7-20(8-12-23)26-24-6-4-5-15-27(24,31)16-17-29(26)19-25(30)28-21-9-13-22(32-2)14-10-21/h3,7-14,24,26,31H,1,4-6,15-19H2,2H3,(H,28,30)/t24-,26+,27+/m1/s1. The van der Waals surface area contributed by atoms with E-state index < -0.39 is 5.60 Å². The number of nitrogens with zero attached hydrogens (tertiary/aromatic N) is 1. The van der Waals surface area contributed by atoms with E-state index in [4.69, 9.17) is 9.47 Å². The number of fused-ring (bicyclic) bond motifs is 1. The van der Waals surface area contributed by atoms with Crippen LogP contribution in [0.25, 0.3) is 0 Å². The van der Waals surface area contributed by atoms with Crippen LogP contribution in [0.3, 0.4) is 0 Å². The lowest BCUT2D eigenvalue weighted by molar-refractivity contribution is -0.135. The first kappa shape index (κ1) is 23.3. The van der Waals surface area contributed by atoms with Crippen molar-refractivity contribution in [1.29, 1.82) is 0 Å². The molecule has 1 heterocycles. The number of anilines is 1. The molecule has 2 aromatic carbocycles. The van der Waals surface area contributed by atoms with Gasteiger partial charge in [-0.25, -0.2) is 0 Å². The fourth-order valence-corrected chi connectivity index (χ4v) is 5.34. The molecule has 6 heteroatoms. The molecule has 2 aliphatic rings. The summed E-state index contributed by atoms with van der Waals surface area (Å²) in [6.07, 6.45) is 6.39. The molecular formula is C27H34N2O4. The van der Waals surface area contributed by atoms with Crippen molar-refractivity contribution in [3.63, 3.8) is 0 Å². The zero-order valence-electron chi connectivity index (χ0n) is 19.3. The van der Waals surface area contributed by atoms with Crippen LogP contribution in [-0.2, 0) is 4.79 Å². The molecule has 0 aromatic heterocycles. The molecular weight excluding hydrogens is 416 g/mol. The highest BCUT2D eigenvalue weighted by Crippen LogP contribution is 2.49. The number of nitrogens with one attached hydrogen (secondary N) is 1. The lowest BCUT2D eigenvalue weighted by atomic mass is 9.66. The Morgan fingerprint density at radius 1 is 1.15 bits per heavy atom. The number of likely N-dealkylation sites (tertiary alicyclic amines) is 1. The summed E-state index contributed by atoms with van der Waals surface area (Å²) in [5, 5.41) is 14.5. The summed E-state index contributed by atoms with van der Waals surface area (Å²) in [6.45, 7) is 5.11. The van der Waals surface area contributed by atoms with Gasteiger partial charge in [-0.1, -0.05) is 37.6 Å². The maximum absolute atomic E-state index is 12.9. The molecule has 0 spiro atoms. The summed E-state index contributed by atoms with van der Waals surface area (Å²) in [4.78, 5) is 15.2. The molecule has 2 N–H and O–H groups in total. The predicted molar refractivity (Wildman–Crippen MR) is 130 cm³/mol. The number of amides is 1. The van der Waals surface area contributed by atoms with Gasteiger partial charge in [0.1, 0.15) is 18.1 Å². The second kappa shape index (κ2) is 10.4. The highest BCUT2D eigenvalue weighted by molar-refractivity contribution is 5.92. The summed E-state index contributed by atoms with van der Waals surface area (Å²) < 4.78 is 10.8. The molecule has 3 atom stereocenters. The maximum Gasteiger partial charge on any atom is 0.238 e. The van der Waals surface area contributed by atoms with Crippen LogP contribution in [0.1, 0.15) is 43.7 Å². The van der Waals surface area contributed by atoms with E-state index in [2.05, 4.69) is 28.9 Å². The molecule has 6 nitrogen and oxygen atoms in total. The predicted octanol–water partition coefficient (Wildman–Crippen LogP) is 4.57. The van der Waals surface area contributed by atoms with Crippen molar-refractivity contribution in [3.05, 3.63) is 66.7 Å². The minimum Gasteiger partial charge on any atom is -0.497 e. The summed E-state index contributed by atoms with van der Waals surface area (Å²) >= 11 is 0. The monoisotopic (exact) mass is 450 g/mol. The van der Waals surface area contributed by atoms with Crippen molar-refractivity contribution in [2.45, 2.75) is 43.7 Å². The van der Waals surface area contributed by atoms with Gasteiger partial charge >= 0.3 is 0 Å². The van der Waals surface area contributed by atoms with Crippen LogP contribution in [0.5, 0.6) is 11.5 Å². The van der Waals surface area contributed by atoms with E-state index in [-0.39, 0.29) is 24.4 Å². The largest absolute Gasteiger partial charge is 0.497 e. The van der Waals surface area contributed by atoms with Gasteiger partial charge in [-0.2, -0.15) is 0 Å². The Bertz CT molecular complexity index is 944. The summed E-state index contributed by atoms with van der Waals surface area (Å²) in [5.74, 6) is 1.59. The average Bonchev–Trinajstić information content (AvgIpc) is 2.83. The first-order chi connectivity index (χ1) is 16.0. The number of piperidine rings is 1. The molecule has 1 aliphatic carbocycles. The molecule has 1 saturated heterocycles. The van der Waals surface area contributed by atoms with Gasteiger partial charge in [0, 0.05) is 24.2 Å². The van der Waals surface area contributed by atoms with E-state index in [0.29, 0.717) is 19.6 Å². The summed E-state index contributed by atoms with van der Waals surface area (Å²) in [6, 6.07) is 15.4. The first-order valence-corrected chi connectivity index (χ1v) is 11.8. The molecule has 1 amide bonds. The highest BCUT2D eigenvalue weighted by atomic mass is 16.5. The summed E-state index contributed by atoms with van der Waals surface area (Å²) in [5.41, 5.74) is 1.19. The van der Waals surface area contributed by atoms with E-state index in [1.807, 2.05) is 36.4 Å². The quantitative estimate of drug-likeness (QED) is 0.577. The molecule has 1 saturated carbocycles. The Morgan fingerprint density at radius 2 is 1.88 bits per heavy atom. The van der Waals surface area contributed by atoms with E-state index in [0.717, 1.165) is 48.4 Å². The van der Waals surface area contributed by atoms with Crippen LogP contribution in [0.4, 0.5) is 5.69 Å². The molecule has 0 bridgehead atoms. The SMILES string of the molecule is C=CCOc1ccc([C@H]2[C@H]3CCCC[C@]3(O)CCN2CC(=O)Nc2ccc(OC)cc2)cc1. The van der Waals surface area contributed by atoms with Gasteiger partial charge in [0.25, 0.3) is 0 Å². The highest BCUT2D eigenvalue weighted by Gasteiger charge is 2.49. The molecule has 0 radical (unpaired) electrons. The number of benzene rings is 2. The lowest BCUT2D eigenvalue weighted by Gasteiger charge is -2.52. The van der Waals surface area contributed by atoms with Crippen molar-refractivity contribution in [3.8, 4) is 11.5 Å². The van der Waals surface area contributed by atoms with Gasteiger partial charge in [-0.05, 0) is 61.2 Å². The third-order valence-corrected chi connectivity index (χ3v) is 6.98. The molecule has 0 unspecified atom stereocenters. The second-order valence-corrected chi connectivity index (χ2v) is 9.07. The van der Waals surface area contributed by atoms with Crippen LogP contribution in [-0.4, -0.2) is 48.3 Å². The van der Waals surface area contributed by atoms with Gasteiger partial charge in [0.05, 0.1) is 19.3 Å². The smallest absolute Gasteiger partial charge is 0.238 e. The van der Waals surface area contributed by atoms with Gasteiger partial charge in [0.15, 0.2) is 0 Å². The molecule has 33 heavy (non-hydrogen) atoms. The number of hydrogen-bond acceptors (Lipinski definition) is 5. The number of carbonyl (C=O) groups excluding carboxylic acids is 1. The number of rotatable bonds is 8. The Hall–Kier alpha value is -2.83. The van der Waals surface area contributed by atoms with Gasteiger partial charge in [0.2, 0.25) is 5.91 Å². The van der Waals surface area contributed by atoms with Crippen LogP contribution in [0, 0.1) is 5.92 Å². The van der Waals surface area contributed by atoms with E-state index in [1.54, 1.807) is 13.2 Å². The zero-order valence-corrected chi connectivity index (χ0v) is 19.3. The van der Waals surface area contributed by atoms with Crippen LogP contribution < -0.4 is 14.8 Å². The maximum atomic E-state index is 12.9. The van der Waals surface area contributed by atoms with Crippen LogP contribution >= 0.6 is 0 Å². The van der Waals surface area contributed by atoms with Gasteiger partial charge in [-0.15, -0.1) is 0 Å². The fourth-order valence-electron chi connectivity index (χ4n) is 5.34. The topological polar surface area (TPSA) is 71.0 Å². The minimum absolute atomic E-state index is 0.0147. The van der Waals surface area contributed by atoms with E-state index in [1.165, 1.54) is 0 Å². The number of ether oxygens (including phenoxy) is 2. The average molecular weight is 451 g/mol. The Morgan fingerprint density at radius 3 is 2.58 bits per heavy atom. The number of aliphatic hydroxyl groups is 1. The number of methoxy groups -OCH3 is 1. The van der Waals surface area contributed by atoms with Gasteiger partial charge < -0.3 is 19.9 Å². The molecule has 4 rings (SSSR count). The zero-order chi connectivity index (χ0) is 23.3. The molecule has 1 aliphatic heterocycles. The van der Waals surface area contributed by atoms with E-state index in [9.17, 15) is 9.90 Å². The third-order valence-electron chi connectivity index (χ3n) is 6.98. The summed E-state index contributed by atoms with van der Waals surface area (Å²) in [7, 11) is 1.62. The van der Waals surface area contributed by atoms with Crippen molar-refractivity contribution >= 4 is 11.6 Å². The fraction of sp³-hybridized carbons (Fsp3) is 0.444. The normalized spacial score (nSPS) is 25.0. The molecule has 2 fully saturated rings. The number of hydrogen-bond donors (Lipinski definition) is 2. The second-order valence-electron chi connectivity index (χ2n) is 9.07. The Labute approximate surface area is 196 Å². The van der Waals surface area contributed by atoms with Crippen molar-refractivity contribution in [2.24, 2.45) is 5.92 Å². The van der Waals surface area contributed by atoms with Crippen molar-refractivity contribution in [2.75, 3.05) is 32.1 Å². The first-order valence-electron chi connectivity index (χ1n) is 11.8.